The third-order valence-corrected chi connectivity index (χ3v) is 5.41. The highest BCUT2D eigenvalue weighted by molar-refractivity contribution is 7.04. The third kappa shape index (κ3) is 6.35. The highest BCUT2D eigenvalue weighted by atomic mass is 32.1. The maximum Gasteiger partial charge on any atom is 0.573 e. The number of carbonyl (C=O) groups is 1. The van der Waals surface area contributed by atoms with E-state index in [2.05, 4.69) is 16.7 Å². The van der Waals surface area contributed by atoms with E-state index in [0.29, 0.717) is 4.67 Å². The predicted molar refractivity (Wildman–Crippen MR) is 105 cm³/mol. The largest absolute Gasteiger partial charge is 0.573 e. The first-order valence-electron chi connectivity index (χ1n) is 9.19. The number of ether oxygens (including phenoxy) is 2. The first-order chi connectivity index (χ1) is 13.4. The van der Waals surface area contributed by atoms with Gasteiger partial charge in [-0.1, -0.05) is 13.3 Å². The van der Waals surface area contributed by atoms with Crippen LogP contribution in [0, 0.1) is 0 Å². The molecule has 0 N–H and O–H groups in total. The zero-order valence-electron chi connectivity index (χ0n) is 17.1. The molecule has 0 atom stereocenters. The SMILES string of the molecule is CCCCc1cn(C(C)(C)C)sc1=NC(=O)c1cc(OC(F)(F)F)ccc1OC. The molecule has 1 aromatic heterocycles. The van der Waals surface area contributed by atoms with E-state index >= 15 is 0 Å². The van der Waals surface area contributed by atoms with Gasteiger partial charge in [0.1, 0.15) is 16.2 Å². The van der Waals surface area contributed by atoms with E-state index in [1.54, 1.807) is 0 Å². The number of unbranched alkanes of at least 4 members (excludes halogenated alkanes) is 1. The maximum absolute atomic E-state index is 12.8. The van der Waals surface area contributed by atoms with Gasteiger partial charge in [0.15, 0.2) is 0 Å². The summed E-state index contributed by atoms with van der Waals surface area (Å²) in [4.78, 5) is 17.0. The molecule has 1 heterocycles. The lowest BCUT2D eigenvalue weighted by Gasteiger charge is -2.19. The molecule has 1 amide bonds. The van der Waals surface area contributed by atoms with Crippen LogP contribution in [-0.2, 0) is 12.0 Å². The Balaban J connectivity index is 2.50. The standard InChI is InChI=1S/C20H25F3N2O3S/c1-6-7-8-13-12-25(19(2,3)4)29-18(13)24-17(26)15-11-14(28-20(21,22)23)9-10-16(15)27-5/h9-12H,6-8H2,1-5H3. The van der Waals surface area contributed by atoms with E-state index < -0.39 is 18.0 Å². The van der Waals surface area contributed by atoms with Crippen LogP contribution in [0.1, 0.15) is 56.5 Å². The molecule has 2 rings (SSSR count). The molecule has 0 aliphatic carbocycles. The molecule has 1 aromatic carbocycles. The molecule has 0 fully saturated rings. The number of methoxy groups -OCH3 is 1. The van der Waals surface area contributed by atoms with E-state index in [4.69, 9.17) is 4.74 Å². The summed E-state index contributed by atoms with van der Waals surface area (Å²) >= 11 is 1.34. The van der Waals surface area contributed by atoms with Crippen LogP contribution >= 0.6 is 11.5 Å². The fourth-order valence-corrected chi connectivity index (χ4v) is 3.58. The summed E-state index contributed by atoms with van der Waals surface area (Å²) in [6.45, 7) is 8.20. The van der Waals surface area contributed by atoms with Crippen molar-refractivity contribution >= 4 is 17.4 Å². The van der Waals surface area contributed by atoms with Crippen LogP contribution in [0.25, 0.3) is 0 Å². The Bertz CT molecular complexity index is 924. The summed E-state index contributed by atoms with van der Waals surface area (Å²) in [6, 6.07) is 3.34. The second-order valence-corrected chi connectivity index (χ2v) is 8.44. The van der Waals surface area contributed by atoms with Crippen LogP contribution in [0.2, 0.25) is 0 Å². The molecule has 0 bridgehead atoms. The second-order valence-electron chi connectivity index (χ2n) is 7.48. The Morgan fingerprint density at radius 2 is 1.93 bits per heavy atom. The van der Waals surface area contributed by atoms with Crippen LogP contribution in [0.5, 0.6) is 11.5 Å². The lowest BCUT2D eigenvalue weighted by atomic mass is 10.1. The molecule has 0 aliphatic heterocycles. The van der Waals surface area contributed by atoms with Gasteiger partial charge in [-0.15, -0.1) is 13.2 Å². The molecule has 0 unspecified atom stereocenters. The molecule has 29 heavy (non-hydrogen) atoms. The minimum Gasteiger partial charge on any atom is -0.496 e. The van der Waals surface area contributed by atoms with Crippen molar-refractivity contribution in [2.45, 2.75) is 58.9 Å². The van der Waals surface area contributed by atoms with Gasteiger partial charge in [0.05, 0.1) is 12.7 Å². The average Bonchev–Trinajstić information content (AvgIpc) is 3.01. The quantitative estimate of drug-likeness (QED) is 0.625. The van der Waals surface area contributed by atoms with Crippen molar-refractivity contribution in [3.05, 3.63) is 40.2 Å². The van der Waals surface area contributed by atoms with Gasteiger partial charge in [0, 0.05) is 17.3 Å². The number of carbonyl (C=O) groups excluding carboxylic acids is 1. The van der Waals surface area contributed by atoms with E-state index in [1.807, 2.05) is 30.9 Å². The van der Waals surface area contributed by atoms with E-state index in [0.717, 1.165) is 37.0 Å². The molecule has 160 valence electrons. The molecule has 2 aromatic rings. The van der Waals surface area contributed by atoms with Crippen molar-refractivity contribution in [1.82, 2.24) is 3.96 Å². The van der Waals surface area contributed by atoms with E-state index in [-0.39, 0.29) is 16.9 Å². The molecular formula is C20H25F3N2O3S. The maximum atomic E-state index is 12.8. The normalized spacial score (nSPS) is 12.9. The monoisotopic (exact) mass is 430 g/mol. The molecule has 9 heteroatoms. The molecule has 0 saturated carbocycles. The number of benzene rings is 1. The zero-order valence-corrected chi connectivity index (χ0v) is 17.9. The Morgan fingerprint density at radius 3 is 2.48 bits per heavy atom. The summed E-state index contributed by atoms with van der Waals surface area (Å²) in [5.74, 6) is -1.06. The van der Waals surface area contributed by atoms with Crippen LogP contribution in [0.3, 0.4) is 0 Å². The fraction of sp³-hybridized carbons (Fsp3) is 0.500. The Hall–Kier alpha value is -2.29. The number of nitrogens with zero attached hydrogens (tertiary/aromatic N) is 2. The average molecular weight is 430 g/mol. The highest BCUT2D eigenvalue weighted by Gasteiger charge is 2.31. The van der Waals surface area contributed by atoms with Crippen molar-refractivity contribution in [2.75, 3.05) is 7.11 Å². The minimum absolute atomic E-state index is 0.0913. The lowest BCUT2D eigenvalue weighted by molar-refractivity contribution is -0.274. The van der Waals surface area contributed by atoms with Crippen LogP contribution in [0.15, 0.2) is 29.4 Å². The van der Waals surface area contributed by atoms with Crippen molar-refractivity contribution < 1.29 is 27.4 Å². The number of hydrogen-bond donors (Lipinski definition) is 0. The van der Waals surface area contributed by atoms with E-state index in [1.165, 1.54) is 24.7 Å². The van der Waals surface area contributed by atoms with Crippen LogP contribution < -0.4 is 14.1 Å². The van der Waals surface area contributed by atoms with Gasteiger partial charge < -0.3 is 9.47 Å². The Morgan fingerprint density at radius 1 is 1.24 bits per heavy atom. The number of hydrogen-bond acceptors (Lipinski definition) is 4. The summed E-state index contributed by atoms with van der Waals surface area (Å²) in [5.41, 5.74) is 0.661. The predicted octanol–water partition coefficient (Wildman–Crippen LogP) is 5.30. The smallest absolute Gasteiger partial charge is 0.496 e. The Kier molecular flexibility index (Phi) is 7.15. The topological polar surface area (TPSA) is 52.8 Å². The number of rotatable bonds is 6. The zero-order chi connectivity index (χ0) is 21.8. The molecule has 0 aliphatic rings. The van der Waals surface area contributed by atoms with Crippen molar-refractivity contribution in [2.24, 2.45) is 4.99 Å². The van der Waals surface area contributed by atoms with Crippen LogP contribution in [-0.4, -0.2) is 23.3 Å². The van der Waals surface area contributed by atoms with Crippen molar-refractivity contribution in [3.8, 4) is 11.5 Å². The molecule has 0 saturated heterocycles. The first kappa shape index (κ1) is 23.0. The highest BCUT2D eigenvalue weighted by Crippen LogP contribution is 2.29. The fourth-order valence-electron chi connectivity index (χ4n) is 2.54. The van der Waals surface area contributed by atoms with Gasteiger partial charge in [-0.05, 0) is 63.3 Å². The van der Waals surface area contributed by atoms with Gasteiger partial charge >= 0.3 is 6.36 Å². The molecular weight excluding hydrogens is 405 g/mol. The number of alkyl halides is 3. The van der Waals surface area contributed by atoms with Crippen molar-refractivity contribution in [1.29, 1.82) is 0 Å². The number of halogens is 3. The van der Waals surface area contributed by atoms with Crippen LogP contribution in [0.4, 0.5) is 13.2 Å². The Labute approximate surface area is 171 Å². The minimum atomic E-state index is -4.86. The molecule has 0 radical (unpaired) electrons. The summed E-state index contributed by atoms with van der Waals surface area (Å²) in [6.07, 6.45) is -0.187. The summed E-state index contributed by atoms with van der Waals surface area (Å²) < 4.78 is 49.2. The van der Waals surface area contributed by atoms with Gasteiger partial charge in [-0.25, -0.2) is 0 Å². The third-order valence-electron chi connectivity index (χ3n) is 4.03. The second kappa shape index (κ2) is 9.02. The number of aryl methyl sites for hydroxylation is 1. The van der Waals surface area contributed by atoms with Gasteiger partial charge in [0.25, 0.3) is 5.91 Å². The summed E-state index contributed by atoms with van der Waals surface area (Å²) in [7, 11) is 1.34. The lowest BCUT2D eigenvalue weighted by Crippen LogP contribution is -2.18. The number of aromatic nitrogens is 1. The summed E-state index contributed by atoms with van der Waals surface area (Å²) in [5, 5.41) is 0. The molecule has 0 spiro atoms. The van der Waals surface area contributed by atoms with Gasteiger partial charge in [-0.3, -0.25) is 8.75 Å². The number of amides is 1. The van der Waals surface area contributed by atoms with E-state index in [9.17, 15) is 18.0 Å². The van der Waals surface area contributed by atoms with Crippen molar-refractivity contribution in [3.63, 3.8) is 0 Å². The van der Waals surface area contributed by atoms with Gasteiger partial charge in [0.2, 0.25) is 0 Å². The molecule has 5 nitrogen and oxygen atoms in total. The first-order valence-corrected chi connectivity index (χ1v) is 9.97. The van der Waals surface area contributed by atoms with Gasteiger partial charge in [-0.2, -0.15) is 4.99 Å².